The van der Waals surface area contributed by atoms with Gasteiger partial charge in [0.05, 0.1) is 5.75 Å². The van der Waals surface area contributed by atoms with Crippen LogP contribution in [0.3, 0.4) is 0 Å². The van der Waals surface area contributed by atoms with Crippen LogP contribution in [-0.2, 0) is 17.8 Å². The van der Waals surface area contributed by atoms with Gasteiger partial charge < -0.3 is 9.88 Å². The molecular weight excluding hydrogens is 332 g/mol. The topological polar surface area (TPSA) is 59.8 Å². The fraction of sp³-hybridized carbons (Fsp3) is 0.526. The summed E-state index contributed by atoms with van der Waals surface area (Å²) in [6.45, 7) is 5.16. The number of thioether (sulfide) groups is 1. The number of amides is 1. The second kappa shape index (κ2) is 10.9. The number of aryl methyl sites for hydroxylation is 1. The highest BCUT2D eigenvalue weighted by atomic mass is 32.2. The molecule has 0 bridgehead atoms. The molecule has 5 nitrogen and oxygen atoms in total. The Bertz CT molecular complexity index is 642. The summed E-state index contributed by atoms with van der Waals surface area (Å²) < 4.78 is 2.13. The van der Waals surface area contributed by atoms with Gasteiger partial charge in [-0.25, -0.2) is 0 Å². The number of hydrogen-bond donors (Lipinski definition) is 1. The SMILES string of the molecule is CCCCCCCc1nnc(SCC(=O)Nc2ccccc2)n1CC. The average molecular weight is 361 g/mol. The summed E-state index contributed by atoms with van der Waals surface area (Å²) in [6, 6.07) is 9.51. The second-order valence-electron chi connectivity index (χ2n) is 6.01. The van der Waals surface area contributed by atoms with Crippen molar-refractivity contribution in [3.05, 3.63) is 36.2 Å². The van der Waals surface area contributed by atoms with Crippen molar-refractivity contribution >= 4 is 23.4 Å². The van der Waals surface area contributed by atoms with E-state index in [0.29, 0.717) is 5.75 Å². The van der Waals surface area contributed by atoms with Crippen molar-refractivity contribution in [3.63, 3.8) is 0 Å². The van der Waals surface area contributed by atoms with Gasteiger partial charge in [-0.05, 0) is 25.5 Å². The minimum absolute atomic E-state index is 0.0250. The fourth-order valence-corrected chi connectivity index (χ4v) is 3.48. The molecule has 0 aliphatic heterocycles. The maximum absolute atomic E-state index is 12.1. The first kappa shape index (κ1) is 19.5. The fourth-order valence-electron chi connectivity index (χ4n) is 2.66. The molecule has 1 amide bonds. The molecule has 25 heavy (non-hydrogen) atoms. The van der Waals surface area contributed by atoms with E-state index in [1.165, 1.54) is 37.4 Å². The largest absolute Gasteiger partial charge is 0.325 e. The molecule has 0 aliphatic rings. The molecule has 0 saturated carbocycles. The number of carbonyl (C=O) groups excluding carboxylic acids is 1. The van der Waals surface area contributed by atoms with Gasteiger partial charge in [-0.3, -0.25) is 4.79 Å². The first-order chi connectivity index (χ1) is 12.2. The Labute approximate surface area is 154 Å². The number of hydrogen-bond acceptors (Lipinski definition) is 4. The second-order valence-corrected chi connectivity index (χ2v) is 6.95. The number of nitrogens with zero attached hydrogens (tertiary/aromatic N) is 3. The van der Waals surface area contributed by atoms with Crippen LogP contribution in [0.4, 0.5) is 5.69 Å². The number of aromatic nitrogens is 3. The third-order valence-corrected chi connectivity index (χ3v) is 4.97. The van der Waals surface area contributed by atoms with Gasteiger partial charge in [0.25, 0.3) is 0 Å². The maximum Gasteiger partial charge on any atom is 0.234 e. The lowest BCUT2D eigenvalue weighted by Crippen LogP contribution is -2.14. The molecule has 0 fully saturated rings. The van der Waals surface area contributed by atoms with E-state index in [1.54, 1.807) is 0 Å². The van der Waals surface area contributed by atoms with Crippen LogP contribution in [0, 0.1) is 0 Å². The molecule has 6 heteroatoms. The van der Waals surface area contributed by atoms with E-state index in [4.69, 9.17) is 0 Å². The van der Waals surface area contributed by atoms with Gasteiger partial charge in [0.1, 0.15) is 5.82 Å². The molecule has 1 aromatic carbocycles. The van der Waals surface area contributed by atoms with Crippen LogP contribution in [0.1, 0.15) is 51.8 Å². The van der Waals surface area contributed by atoms with Gasteiger partial charge in [-0.2, -0.15) is 0 Å². The van der Waals surface area contributed by atoms with E-state index in [2.05, 4.69) is 33.9 Å². The van der Waals surface area contributed by atoms with Gasteiger partial charge in [-0.15, -0.1) is 10.2 Å². The molecular formula is C19H28N4OS. The molecule has 1 heterocycles. The summed E-state index contributed by atoms with van der Waals surface area (Å²) in [6.07, 6.45) is 7.21. The van der Waals surface area contributed by atoms with Crippen molar-refractivity contribution < 1.29 is 4.79 Å². The van der Waals surface area contributed by atoms with Crippen LogP contribution < -0.4 is 5.32 Å². The standard InChI is InChI=1S/C19H28N4OS/c1-3-5-6-7-11-14-17-21-22-19(23(17)4-2)25-15-18(24)20-16-12-9-8-10-13-16/h8-10,12-13H,3-7,11,14-15H2,1-2H3,(H,20,24). The van der Waals surface area contributed by atoms with Crippen LogP contribution in [0.5, 0.6) is 0 Å². The molecule has 0 atom stereocenters. The summed E-state index contributed by atoms with van der Waals surface area (Å²) >= 11 is 1.44. The van der Waals surface area contributed by atoms with Crippen LogP contribution in [-0.4, -0.2) is 26.4 Å². The first-order valence-corrected chi connectivity index (χ1v) is 10.1. The molecule has 0 unspecified atom stereocenters. The number of para-hydroxylation sites is 1. The Kier molecular flexibility index (Phi) is 8.52. The van der Waals surface area contributed by atoms with Crippen molar-refractivity contribution in [2.45, 2.75) is 64.1 Å². The molecule has 2 aromatic rings. The van der Waals surface area contributed by atoms with Crippen LogP contribution in [0.15, 0.2) is 35.5 Å². The smallest absolute Gasteiger partial charge is 0.234 e. The van der Waals surface area contributed by atoms with Gasteiger partial charge in [0.15, 0.2) is 5.16 Å². The highest BCUT2D eigenvalue weighted by Crippen LogP contribution is 2.19. The molecule has 0 radical (unpaired) electrons. The van der Waals surface area contributed by atoms with Gasteiger partial charge >= 0.3 is 0 Å². The molecule has 0 aliphatic carbocycles. The van der Waals surface area contributed by atoms with E-state index in [0.717, 1.165) is 36.1 Å². The van der Waals surface area contributed by atoms with Crippen LogP contribution >= 0.6 is 11.8 Å². The number of nitrogens with one attached hydrogen (secondary N) is 1. The third-order valence-electron chi connectivity index (χ3n) is 4.00. The summed E-state index contributed by atoms with van der Waals surface area (Å²) in [5.41, 5.74) is 0.817. The highest BCUT2D eigenvalue weighted by molar-refractivity contribution is 7.99. The zero-order chi connectivity index (χ0) is 17.9. The monoisotopic (exact) mass is 360 g/mol. The van der Waals surface area contributed by atoms with Crippen molar-refractivity contribution in [2.24, 2.45) is 0 Å². The van der Waals surface area contributed by atoms with Gasteiger partial charge in [-0.1, -0.05) is 62.6 Å². The van der Waals surface area contributed by atoms with E-state index in [1.807, 2.05) is 30.3 Å². The predicted octanol–water partition coefficient (Wildman–Crippen LogP) is 4.54. The molecule has 136 valence electrons. The molecule has 0 saturated heterocycles. The van der Waals surface area contributed by atoms with Crippen LogP contribution in [0.25, 0.3) is 0 Å². The minimum Gasteiger partial charge on any atom is -0.325 e. The molecule has 2 rings (SSSR count). The van der Waals surface area contributed by atoms with Gasteiger partial charge in [0.2, 0.25) is 5.91 Å². The summed E-state index contributed by atoms with van der Waals surface area (Å²) in [5, 5.41) is 12.3. The van der Waals surface area contributed by atoms with Crippen molar-refractivity contribution in [2.75, 3.05) is 11.1 Å². The summed E-state index contributed by atoms with van der Waals surface area (Å²) in [4.78, 5) is 12.1. The molecule has 1 aromatic heterocycles. The number of unbranched alkanes of at least 4 members (excludes halogenated alkanes) is 4. The van der Waals surface area contributed by atoms with Gasteiger partial charge in [0, 0.05) is 18.7 Å². The predicted molar refractivity (Wildman–Crippen MR) is 104 cm³/mol. The number of carbonyl (C=O) groups is 1. The van der Waals surface area contributed by atoms with Crippen LogP contribution in [0.2, 0.25) is 0 Å². The quantitative estimate of drug-likeness (QED) is 0.472. The lowest BCUT2D eigenvalue weighted by Gasteiger charge is -2.08. The lowest BCUT2D eigenvalue weighted by molar-refractivity contribution is -0.113. The van der Waals surface area contributed by atoms with Crippen molar-refractivity contribution in [3.8, 4) is 0 Å². The Morgan fingerprint density at radius 3 is 2.56 bits per heavy atom. The van der Waals surface area contributed by atoms with E-state index >= 15 is 0 Å². The molecule has 0 spiro atoms. The Hall–Kier alpha value is -1.82. The zero-order valence-corrected chi connectivity index (χ0v) is 16.0. The van der Waals surface area contributed by atoms with E-state index < -0.39 is 0 Å². The normalized spacial score (nSPS) is 10.8. The highest BCUT2D eigenvalue weighted by Gasteiger charge is 2.13. The third kappa shape index (κ3) is 6.53. The number of rotatable bonds is 11. The van der Waals surface area contributed by atoms with E-state index in [9.17, 15) is 4.79 Å². The Morgan fingerprint density at radius 1 is 1.08 bits per heavy atom. The summed E-state index contributed by atoms with van der Waals surface area (Å²) in [7, 11) is 0. The van der Waals surface area contributed by atoms with Crippen molar-refractivity contribution in [1.82, 2.24) is 14.8 Å². The number of anilines is 1. The Morgan fingerprint density at radius 2 is 1.84 bits per heavy atom. The Balaban J connectivity index is 1.82. The van der Waals surface area contributed by atoms with E-state index in [-0.39, 0.29) is 5.91 Å². The lowest BCUT2D eigenvalue weighted by atomic mass is 10.1. The maximum atomic E-state index is 12.1. The molecule has 1 N–H and O–H groups in total. The average Bonchev–Trinajstić information content (AvgIpc) is 3.02. The zero-order valence-electron chi connectivity index (χ0n) is 15.2. The summed E-state index contributed by atoms with van der Waals surface area (Å²) in [5.74, 6) is 1.34. The minimum atomic E-state index is -0.0250. The van der Waals surface area contributed by atoms with Crippen molar-refractivity contribution in [1.29, 1.82) is 0 Å². The number of benzene rings is 1. The first-order valence-electron chi connectivity index (χ1n) is 9.14.